The molecule has 2 aliphatic heterocycles. The number of nitrogens with zero attached hydrogens (tertiary/aromatic N) is 2. The Morgan fingerprint density at radius 3 is 2.38 bits per heavy atom. The second-order valence-corrected chi connectivity index (χ2v) is 7.81. The summed E-state index contributed by atoms with van der Waals surface area (Å²) < 4.78 is 13.3. The molecule has 2 atom stereocenters. The van der Waals surface area contributed by atoms with Crippen LogP contribution in [0.3, 0.4) is 0 Å². The molecular weight excluding hydrogens is 364 g/mol. The summed E-state index contributed by atoms with van der Waals surface area (Å²) in [5.74, 6) is 2.84. The number of rotatable bonds is 5. The molecule has 5 heteroatoms. The molecular formula is C24H31N2O3+. The van der Waals surface area contributed by atoms with Crippen molar-refractivity contribution in [1.82, 2.24) is 0 Å². The molecule has 29 heavy (non-hydrogen) atoms. The second-order valence-electron chi connectivity index (χ2n) is 7.81. The molecule has 4 rings (SSSR count). The van der Waals surface area contributed by atoms with Crippen molar-refractivity contribution >= 4 is 11.5 Å². The van der Waals surface area contributed by atoms with Crippen molar-refractivity contribution in [2.24, 2.45) is 0 Å². The van der Waals surface area contributed by atoms with Crippen LogP contribution in [0.25, 0.3) is 0 Å². The third-order valence-corrected chi connectivity index (χ3v) is 6.20. The average molecular weight is 396 g/mol. The van der Waals surface area contributed by atoms with E-state index in [2.05, 4.69) is 16.4 Å². The van der Waals surface area contributed by atoms with E-state index in [9.17, 15) is 5.11 Å². The van der Waals surface area contributed by atoms with Crippen LogP contribution >= 0.6 is 0 Å². The van der Waals surface area contributed by atoms with Gasteiger partial charge in [0.2, 0.25) is 0 Å². The zero-order valence-electron chi connectivity index (χ0n) is 17.6. The number of hydrogen-bond acceptors (Lipinski definition) is 4. The highest BCUT2D eigenvalue weighted by Crippen LogP contribution is 2.42. The standard InChI is InChI=1S/C24H31N2O3/c1-4-29-22-13-9-19(10-14-22)24(27)18(2)25-17-7-5-6-8-23(25)26(24)20-11-15-21(28-3)16-12-20/h9-16,18,27H,4-8,17H2,1-3H3/q+1. The third kappa shape index (κ3) is 3.38. The number of anilines is 1. The van der Waals surface area contributed by atoms with Crippen LogP contribution in [0.5, 0.6) is 11.5 Å². The topological polar surface area (TPSA) is 44.9 Å². The summed E-state index contributed by atoms with van der Waals surface area (Å²) in [5, 5.41) is 12.2. The molecule has 2 aromatic rings. The molecule has 0 amide bonds. The number of methoxy groups -OCH3 is 1. The van der Waals surface area contributed by atoms with Crippen molar-refractivity contribution in [2.45, 2.75) is 51.3 Å². The Bertz CT molecular complexity index is 876. The zero-order valence-corrected chi connectivity index (χ0v) is 17.6. The van der Waals surface area contributed by atoms with Crippen molar-refractivity contribution in [3.63, 3.8) is 0 Å². The summed E-state index contributed by atoms with van der Waals surface area (Å²) in [5.41, 5.74) is 0.713. The highest BCUT2D eigenvalue weighted by molar-refractivity contribution is 5.97. The summed E-state index contributed by atoms with van der Waals surface area (Å²) in [6, 6.07) is 15.8. The predicted molar refractivity (Wildman–Crippen MR) is 115 cm³/mol. The van der Waals surface area contributed by atoms with Crippen molar-refractivity contribution in [3.05, 3.63) is 54.1 Å². The van der Waals surface area contributed by atoms with Gasteiger partial charge in [-0.15, -0.1) is 0 Å². The van der Waals surface area contributed by atoms with Crippen LogP contribution < -0.4 is 14.4 Å². The Hall–Kier alpha value is -2.53. The molecule has 0 aliphatic carbocycles. The quantitative estimate of drug-likeness (QED) is 0.773. The molecule has 5 nitrogen and oxygen atoms in total. The summed E-state index contributed by atoms with van der Waals surface area (Å²) in [7, 11) is 1.67. The lowest BCUT2D eigenvalue weighted by atomic mass is 9.93. The average Bonchev–Trinajstić information content (AvgIpc) is 2.89. The van der Waals surface area contributed by atoms with E-state index in [0.29, 0.717) is 6.61 Å². The van der Waals surface area contributed by atoms with E-state index < -0.39 is 5.72 Å². The molecule has 1 N–H and O–H groups in total. The van der Waals surface area contributed by atoms with Crippen molar-refractivity contribution in [1.29, 1.82) is 0 Å². The predicted octanol–water partition coefficient (Wildman–Crippen LogP) is 4.13. The number of aliphatic hydroxyl groups is 1. The lowest BCUT2D eigenvalue weighted by Gasteiger charge is -2.32. The van der Waals surface area contributed by atoms with Gasteiger partial charge in [-0.05, 0) is 81.6 Å². The zero-order chi connectivity index (χ0) is 20.4. The molecule has 2 aliphatic rings. The largest absolute Gasteiger partial charge is 0.497 e. The minimum absolute atomic E-state index is 0.0596. The molecule has 0 fully saturated rings. The van der Waals surface area contributed by atoms with Gasteiger partial charge in [-0.1, -0.05) is 0 Å². The highest BCUT2D eigenvalue weighted by atomic mass is 16.5. The van der Waals surface area contributed by atoms with E-state index in [-0.39, 0.29) is 6.04 Å². The minimum atomic E-state index is -1.15. The molecule has 0 bridgehead atoms. The summed E-state index contributed by atoms with van der Waals surface area (Å²) in [6.07, 6.45) is 4.49. The molecule has 0 saturated heterocycles. The van der Waals surface area contributed by atoms with Gasteiger partial charge in [-0.25, -0.2) is 0 Å². The van der Waals surface area contributed by atoms with Gasteiger partial charge in [0.15, 0.2) is 6.04 Å². The summed E-state index contributed by atoms with van der Waals surface area (Å²) >= 11 is 0. The van der Waals surface area contributed by atoms with Gasteiger partial charge in [-0.3, -0.25) is 4.58 Å². The van der Waals surface area contributed by atoms with E-state index in [1.807, 2.05) is 55.5 Å². The maximum absolute atomic E-state index is 12.2. The first-order valence-electron chi connectivity index (χ1n) is 10.6. The first-order valence-corrected chi connectivity index (χ1v) is 10.6. The Kier molecular flexibility index (Phi) is 5.50. The van der Waals surface area contributed by atoms with E-state index in [1.165, 1.54) is 12.3 Å². The summed E-state index contributed by atoms with van der Waals surface area (Å²) in [6.45, 7) is 5.71. The Morgan fingerprint density at radius 1 is 1.03 bits per heavy atom. The second kappa shape index (κ2) is 8.07. The van der Waals surface area contributed by atoms with Crippen LogP contribution in [0.1, 0.15) is 45.1 Å². The number of ether oxygens (including phenoxy) is 2. The normalized spacial score (nSPS) is 24.3. The first-order chi connectivity index (χ1) is 14.1. The Labute approximate surface area is 173 Å². The number of hydrogen-bond donors (Lipinski definition) is 1. The van der Waals surface area contributed by atoms with E-state index >= 15 is 0 Å². The van der Waals surface area contributed by atoms with Gasteiger partial charge in [0.1, 0.15) is 17.2 Å². The maximum Gasteiger partial charge on any atom is 0.278 e. The van der Waals surface area contributed by atoms with E-state index in [1.54, 1.807) is 7.11 Å². The van der Waals surface area contributed by atoms with Crippen LogP contribution in [0.15, 0.2) is 48.5 Å². The van der Waals surface area contributed by atoms with Crippen molar-refractivity contribution < 1.29 is 19.2 Å². The van der Waals surface area contributed by atoms with Gasteiger partial charge in [0.25, 0.3) is 11.6 Å². The molecule has 2 unspecified atom stereocenters. The van der Waals surface area contributed by atoms with Crippen LogP contribution in [0.4, 0.5) is 5.69 Å². The van der Waals surface area contributed by atoms with Crippen molar-refractivity contribution in [3.8, 4) is 11.5 Å². The SMILES string of the molecule is CCOc1ccc(C2(O)C(C)[N+]3=C(CCCCC3)N2c2ccc(OC)cc2)cc1. The van der Waals surface area contributed by atoms with Gasteiger partial charge < -0.3 is 14.6 Å². The third-order valence-electron chi connectivity index (χ3n) is 6.20. The molecule has 0 saturated carbocycles. The lowest BCUT2D eigenvalue weighted by molar-refractivity contribution is -0.571. The molecule has 0 radical (unpaired) electrons. The Balaban J connectivity index is 1.81. The van der Waals surface area contributed by atoms with Crippen LogP contribution in [-0.2, 0) is 5.72 Å². The number of benzene rings is 2. The highest BCUT2D eigenvalue weighted by Gasteiger charge is 2.59. The minimum Gasteiger partial charge on any atom is -0.497 e. The van der Waals surface area contributed by atoms with Gasteiger partial charge in [0.05, 0.1) is 20.3 Å². The smallest absolute Gasteiger partial charge is 0.278 e. The molecule has 2 aromatic carbocycles. The van der Waals surface area contributed by atoms with Gasteiger partial charge in [0, 0.05) is 12.0 Å². The maximum atomic E-state index is 12.2. The molecule has 2 heterocycles. The van der Waals surface area contributed by atoms with Gasteiger partial charge in [-0.2, -0.15) is 4.90 Å². The van der Waals surface area contributed by atoms with Gasteiger partial charge >= 0.3 is 0 Å². The molecule has 0 aromatic heterocycles. The first kappa shape index (κ1) is 19.8. The number of amidine groups is 1. The fourth-order valence-corrected chi connectivity index (χ4v) is 4.68. The van der Waals surface area contributed by atoms with Crippen LogP contribution in [0, 0.1) is 0 Å². The molecule has 0 spiro atoms. The van der Waals surface area contributed by atoms with Crippen molar-refractivity contribution in [2.75, 3.05) is 25.2 Å². The fourth-order valence-electron chi connectivity index (χ4n) is 4.68. The van der Waals surface area contributed by atoms with Crippen LogP contribution in [0.2, 0.25) is 0 Å². The monoisotopic (exact) mass is 395 g/mol. The fraction of sp³-hybridized carbons (Fsp3) is 0.458. The summed E-state index contributed by atoms with van der Waals surface area (Å²) in [4.78, 5) is 2.14. The van der Waals surface area contributed by atoms with Crippen LogP contribution in [-0.4, -0.2) is 41.8 Å². The van der Waals surface area contributed by atoms with E-state index in [4.69, 9.17) is 9.47 Å². The Morgan fingerprint density at radius 2 is 1.72 bits per heavy atom. The van der Waals surface area contributed by atoms with E-state index in [0.717, 1.165) is 48.6 Å². The lowest BCUT2D eigenvalue weighted by Crippen LogP contribution is -2.51. The molecule has 154 valence electrons.